The molecule has 0 fully saturated rings. The van der Waals surface area contributed by atoms with Crippen molar-refractivity contribution in [3.05, 3.63) is 75.1 Å². The topological polar surface area (TPSA) is 55.4 Å². The molecule has 4 nitrogen and oxygen atoms in total. The van der Waals surface area contributed by atoms with Gasteiger partial charge in [0.15, 0.2) is 0 Å². The predicted octanol–water partition coefficient (Wildman–Crippen LogP) is 6.43. The Balaban J connectivity index is 1.83. The Bertz CT molecular complexity index is 1060. The van der Waals surface area contributed by atoms with Gasteiger partial charge in [0.25, 0.3) is 0 Å². The van der Waals surface area contributed by atoms with Crippen LogP contribution in [-0.2, 0) is 16.0 Å². The minimum Gasteiger partial charge on any atom is -0.462 e. The fourth-order valence-corrected chi connectivity index (χ4v) is 4.36. The number of benzene rings is 2. The lowest BCUT2D eigenvalue weighted by Gasteiger charge is -2.11. The van der Waals surface area contributed by atoms with E-state index in [4.69, 9.17) is 16.3 Å². The summed E-state index contributed by atoms with van der Waals surface area (Å²) in [6.45, 7) is 6.08. The van der Waals surface area contributed by atoms with Crippen molar-refractivity contribution < 1.29 is 14.3 Å². The average molecular weight is 442 g/mol. The summed E-state index contributed by atoms with van der Waals surface area (Å²) < 4.78 is 5.28. The van der Waals surface area contributed by atoms with Crippen molar-refractivity contribution in [2.75, 3.05) is 11.9 Å². The first kappa shape index (κ1) is 22.1. The van der Waals surface area contributed by atoms with Crippen LogP contribution >= 0.6 is 22.9 Å². The smallest absolute Gasteiger partial charge is 0.341 e. The molecule has 3 aromatic rings. The zero-order chi connectivity index (χ0) is 21.7. The highest BCUT2D eigenvalue weighted by molar-refractivity contribution is 7.15. The number of rotatable bonds is 7. The molecule has 3 rings (SSSR count). The Morgan fingerprint density at radius 1 is 1.07 bits per heavy atom. The molecular formula is C24H24ClNO3S. The maximum Gasteiger partial charge on any atom is 0.341 e. The molecule has 0 aliphatic carbocycles. The summed E-state index contributed by atoms with van der Waals surface area (Å²) in [5.74, 6) is -0.578. The molecule has 0 unspecified atom stereocenters. The van der Waals surface area contributed by atoms with Crippen LogP contribution in [-0.4, -0.2) is 18.5 Å². The molecule has 0 atom stereocenters. The summed E-state index contributed by atoms with van der Waals surface area (Å²) in [5, 5.41) is 5.99. The zero-order valence-electron chi connectivity index (χ0n) is 17.3. The highest BCUT2D eigenvalue weighted by Gasteiger charge is 2.23. The van der Waals surface area contributed by atoms with Crippen molar-refractivity contribution in [1.82, 2.24) is 0 Å². The van der Waals surface area contributed by atoms with Crippen molar-refractivity contribution in [2.45, 2.75) is 33.6 Å². The van der Waals surface area contributed by atoms with Crippen LogP contribution in [0.4, 0.5) is 5.00 Å². The molecule has 2 aromatic carbocycles. The second kappa shape index (κ2) is 9.92. The van der Waals surface area contributed by atoms with Crippen LogP contribution in [0, 0.1) is 13.8 Å². The number of thiophene rings is 1. The predicted molar refractivity (Wildman–Crippen MR) is 124 cm³/mol. The summed E-state index contributed by atoms with van der Waals surface area (Å²) in [6, 6.07) is 13.5. The summed E-state index contributed by atoms with van der Waals surface area (Å²) in [7, 11) is 0. The zero-order valence-corrected chi connectivity index (χ0v) is 18.8. The molecule has 1 N–H and O–H groups in total. The van der Waals surface area contributed by atoms with E-state index in [0.717, 1.165) is 27.8 Å². The van der Waals surface area contributed by atoms with Crippen LogP contribution in [0.3, 0.4) is 0 Å². The number of ether oxygens (including phenoxy) is 1. The number of carbonyl (C=O) groups is 2. The fraction of sp³-hybridized carbons (Fsp3) is 0.250. The Labute approximate surface area is 185 Å². The molecule has 0 bridgehead atoms. The molecule has 30 heavy (non-hydrogen) atoms. The van der Waals surface area contributed by atoms with E-state index in [1.54, 1.807) is 6.92 Å². The van der Waals surface area contributed by atoms with Crippen LogP contribution < -0.4 is 5.32 Å². The molecule has 0 saturated heterocycles. The Hall–Kier alpha value is -2.63. The lowest BCUT2D eigenvalue weighted by atomic mass is 9.97. The van der Waals surface area contributed by atoms with Gasteiger partial charge in [-0.25, -0.2) is 4.79 Å². The summed E-state index contributed by atoms with van der Waals surface area (Å²) in [5.41, 5.74) is 5.40. The first-order chi connectivity index (χ1) is 14.4. The highest BCUT2D eigenvalue weighted by atomic mass is 35.5. The van der Waals surface area contributed by atoms with E-state index in [-0.39, 0.29) is 12.5 Å². The number of aryl methyl sites for hydroxylation is 3. The van der Waals surface area contributed by atoms with Crippen LogP contribution in [0.25, 0.3) is 11.1 Å². The molecule has 156 valence electrons. The largest absolute Gasteiger partial charge is 0.462 e. The average Bonchev–Trinajstić information content (AvgIpc) is 3.11. The molecule has 6 heteroatoms. The maximum absolute atomic E-state index is 12.7. The van der Waals surface area contributed by atoms with E-state index in [2.05, 4.69) is 11.4 Å². The molecule has 0 saturated carbocycles. The number of nitrogens with one attached hydrogen (secondary N) is 1. The second-order valence-corrected chi connectivity index (χ2v) is 8.38. The van der Waals surface area contributed by atoms with Gasteiger partial charge < -0.3 is 10.1 Å². The van der Waals surface area contributed by atoms with Gasteiger partial charge in [-0.15, -0.1) is 11.3 Å². The molecule has 1 aromatic heterocycles. The number of halogens is 1. The minimum atomic E-state index is -0.429. The van der Waals surface area contributed by atoms with E-state index < -0.39 is 5.97 Å². The summed E-state index contributed by atoms with van der Waals surface area (Å²) in [4.78, 5) is 25.3. The normalized spacial score (nSPS) is 10.7. The Kier molecular flexibility index (Phi) is 7.29. The standard InChI is InChI=1S/C24H24ClNO3S/c1-4-29-24(28)22-20(19-11-5-15(2)13-16(19)3)14-30-23(22)26-21(27)12-8-17-6-9-18(25)10-7-17/h5-7,9-11,13-14H,4,8,12H2,1-3H3,(H,26,27). The molecule has 1 heterocycles. The fourth-order valence-electron chi connectivity index (χ4n) is 3.27. The SMILES string of the molecule is CCOC(=O)c1c(-c2ccc(C)cc2C)csc1NC(=O)CCc1ccc(Cl)cc1. The Morgan fingerprint density at radius 2 is 1.80 bits per heavy atom. The third kappa shape index (κ3) is 5.29. The van der Waals surface area contributed by atoms with Gasteiger partial charge in [0, 0.05) is 22.4 Å². The first-order valence-electron chi connectivity index (χ1n) is 9.79. The van der Waals surface area contributed by atoms with Gasteiger partial charge in [0.2, 0.25) is 5.91 Å². The van der Waals surface area contributed by atoms with E-state index in [9.17, 15) is 9.59 Å². The van der Waals surface area contributed by atoms with Crippen LogP contribution in [0.1, 0.15) is 40.4 Å². The molecule has 0 radical (unpaired) electrons. The number of esters is 1. The van der Waals surface area contributed by atoms with E-state index in [1.165, 1.54) is 11.3 Å². The number of anilines is 1. The third-order valence-corrected chi connectivity index (χ3v) is 5.90. The van der Waals surface area contributed by atoms with Crippen LogP contribution in [0.2, 0.25) is 5.02 Å². The molecule has 0 aliphatic heterocycles. The number of carbonyl (C=O) groups excluding carboxylic acids is 2. The number of hydrogen-bond donors (Lipinski definition) is 1. The maximum atomic E-state index is 12.7. The van der Waals surface area contributed by atoms with Gasteiger partial charge in [-0.1, -0.05) is 47.5 Å². The van der Waals surface area contributed by atoms with E-state index in [1.807, 2.05) is 55.6 Å². The third-order valence-electron chi connectivity index (χ3n) is 4.75. The van der Waals surface area contributed by atoms with Crippen LogP contribution in [0.15, 0.2) is 47.8 Å². The van der Waals surface area contributed by atoms with Gasteiger partial charge in [-0.3, -0.25) is 4.79 Å². The minimum absolute atomic E-state index is 0.149. The van der Waals surface area contributed by atoms with Gasteiger partial charge in [-0.05, 0) is 56.0 Å². The lowest BCUT2D eigenvalue weighted by Crippen LogP contribution is -2.15. The van der Waals surface area contributed by atoms with Crippen LogP contribution in [0.5, 0.6) is 0 Å². The van der Waals surface area contributed by atoms with Crippen molar-refractivity contribution >= 4 is 39.8 Å². The van der Waals surface area contributed by atoms with E-state index in [0.29, 0.717) is 28.4 Å². The monoisotopic (exact) mass is 441 g/mol. The second-order valence-electron chi connectivity index (χ2n) is 7.07. The lowest BCUT2D eigenvalue weighted by molar-refractivity contribution is -0.116. The quantitative estimate of drug-likeness (QED) is 0.429. The van der Waals surface area contributed by atoms with Gasteiger partial charge in [0.1, 0.15) is 10.6 Å². The first-order valence-corrected chi connectivity index (χ1v) is 11.0. The van der Waals surface area contributed by atoms with Crippen molar-refractivity contribution in [3.63, 3.8) is 0 Å². The molecule has 1 amide bonds. The van der Waals surface area contributed by atoms with Gasteiger partial charge in [0.05, 0.1) is 6.61 Å². The van der Waals surface area contributed by atoms with E-state index >= 15 is 0 Å². The molecule has 0 spiro atoms. The van der Waals surface area contributed by atoms with Crippen molar-refractivity contribution in [2.24, 2.45) is 0 Å². The number of amides is 1. The summed E-state index contributed by atoms with van der Waals surface area (Å²) in [6.07, 6.45) is 0.897. The molecule has 0 aliphatic rings. The highest BCUT2D eigenvalue weighted by Crippen LogP contribution is 2.38. The molecular weight excluding hydrogens is 418 g/mol. The van der Waals surface area contributed by atoms with Gasteiger partial charge in [-0.2, -0.15) is 0 Å². The number of hydrogen-bond acceptors (Lipinski definition) is 4. The summed E-state index contributed by atoms with van der Waals surface area (Å²) >= 11 is 7.25. The van der Waals surface area contributed by atoms with Gasteiger partial charge >= 0.3 is 5.97 Å². The van der Waals surface area contributed by atoms with Crippen molar-refractivity contribution in [1.29, 1.82) is 0 Å². The van der Waals surface area contributed by atoms with Crippen molar-refractivity contribution in [3.8, 4) is 11.1 Å². The Morgan fingerprint density at radius 3 is 2.47 bits per heavy atom.